The van der Waals surface area contributed by atoms with E-state index < -0.39 is 37.2 Å². The highest BCUT2D eigenvalue weighted by molar-refractivity contribution is 6.35. The largest absolute Gasteiger partial charge is 0.479 e. The summed E-state index contributed by atoms with van der Waals surface area (Å²) in [5.74, 6) is -1.72. The third-order valence-electron chi connectivity index (χ3n) is 7.36. The standard InChI is InChI=1S/C32H33Cl2F3N4O4/c33-24-14-25(34)16-26(15-24)40-31(39-19-32(35,36)37)41(27-12-10-22(11-13-27)21-4-2-1-3-5-21)18-20-6-8-23(9-7-20)29(43)38-17-28(42)30(44)45/h6-16,21,28,42H,1-5,17-19H2,(H,38,43)(H,39,40)(H,44,45)/t28-/m1/s1. The van der Waals surface area contributed by atoms with Crippen LogP contribution in [0, 0.1) is 0 Å². The number of nitrogens with one attached hydrogen (secondary N) is 2. The first-order valence-electron chi connectivity index (χ1n) is 14.4. The zero-order valence-electron chi connectivity index (χ0n) is 24.2. The first kappa shape index (κ1) is 34.1. The molecule has 0 spiro atoms. The Labute approximate surface area is 268 Å². The summed E-state index contributed by atoms with van der Waals surface area (Å²) in [7, 11) is 0. The molecule has 1 aliphatic rings. The van der Waals surface area contributed by atoms with Gasteiger partial charge in [-0.25, -0.2) is 9.79 Å². The van der Waals surface area contributed by atoms with Crippen LogP contribution in [0.25, 0.3) is 0 Å². The molecule has 1 aliphatic carbocycles. The van der Waals surface area contributed by atoms with Crippen molar-refractivity contribution < 1.29 is 33.0 Å². The number of aliphatic hydroxyl groups is 1. The van der Waals surface area contributed by atoms with Crippen LogP contribution in [-0.2, 0) is 11.3 Å². The van der Waals surface area contributed by atoms with Gasteiger partial charge in [-0.3, -0.25) is 4.79 Å². The zero-order chi connectivity index (χ0) is 32.6. The predicted octanol–water partition coefficient (Wildman–Crippen LogP) is 7.25. The van der Waals surface area contributed by atoms with E-state index in [4.69, 9.17) is 28.3 Å². The smallest absolute Gasteiger partial charge is 0.408 e. The van der Waals surface area contributed by atoms with Crippen LogP contribution in [0.15, 0.2) is 71.7 Å². The summed E-state index contributed by atoms with van der Waals surface area (Å²) in [4.78, 5) is 28.8. The summed E-state index contributed by atoms with van der Waals surface area (Å²) in [5, 5.41) is 24.1. The lowest BCUT2D eigenvalue weighted by molar-refractivity contribution is -0.146. The van der Waals surface area contributed by atoms with E-state index in [9.17, 15) is 27.9 Å². The molecule has 3 aromatic carbocycles. The number of guanidine groups is 1. The number of halogens is 5. The molecule has 0 radical (unpaired) electrons. The van der Waals surface area contributed by atoms with Crippen LogP contribution in [-0.4, -0.2) is 53.4 Å². The summed E-state index contributed by atoms with van der Waals surface area (Å²) >= 11 is 12.3. The number of hydrogen-bond donors (Lipinski definition) is 4. The summed E-state index contributed by atoms with van der Waals surface area (Å²) in [6.07, 6.45) is -0.603. The topological polar surface area (TPSA) is 114 Å². The molecular weight excluding hydrogens is 632 g/mol. The van der Waals surface area contributed by atoms with Crippen molar-refractivity contribution in [3.8, 4) is 0 Å². The van der Waals surface area contributed by atoms with Gasteiger partial charge in [0.05, 0.1) is 13.1 Å². The number of anilines is 2. The first-order valence-corrected chi connectivity index (χ1v) is 15.1. The van der Waals surface area contributed by atoms with Crippen LogP contribution < -0.4 is 15.5 Å². The van der Waals surface area contributed by atoms with Crippen molar-refractivity contribution >= 4 is 52.4 Å². The lowest BCUT2D eigenvalue weighted by Gasteiger charge is -2.29. The van der Waals surface area contributed by atoms with Gasteiger partial charge in [0, 0.05) is 27.0 Å². The Hall–Kier alpha value is -3.80. The van der Waals surface area contributed by atoms with Gasteiger partial charge in [0.2, 0.25) is 5.96 Å². The van der Waals surface area contributed by atoms with Gasteiger partial charge >= 0.3 is 12.1 Å². The highest BCUT2D eigenvalue weighted by Gasteiger charge is 2.28. The van der Waals surface area contributed by atoms with Crippen LogP contribution in [0.3, 0.4) is 0 Å². The van der Waals surface area contributed by atoms with E-state index in [0.717, 1.165) is 25.7 Å². The molecule has 3 aromatic rings. The zero-order valence-corrected chi connectivity index (χ0v) is 25.7. The fraction of sp³-hybridized carbons (Fsp3) is 0.344. The molecule has 1 saturated carbocycles. The van der Waals surface area contributed by atoms with E-state index in [0.29, 0.717) is 22.9 Å². The molecule has 240 valence electrons. The van der Waals surface area contributed by atoms with Crippen LogP contribution in [0.5, 0.6) is 0 Å². The van der Waals surface area contributed by atoms with Crippen LogP contribution in [0.2, 0.25) is 10.0 Å². The van der Waals surface area contributed by atoms with Gasteiger partial charge in [-0.05, 0) is 72.4 Å². The maximum absolute atomic E-state index is 13.4. The van der Waals surface area contributed by atoms with Gasteiger partial charge in [-0.1, -0.05) is 66.7 Å². The van der Waals surface area contributed by atoms with Crippen molar-refractivity contribution in [2.45, 2.75) is 56.8 Å². The Morgan fingerprint density at radius 2 is 1.58 bits per heavy atom. The summed E-state index contributed by atoms with van der Waals surface area (Å²) in [6, 6.07) is 18.5. The lowest BCUT2D eigenvalue weighted by atomic mass is 9.84. The monoisotopic (exact) mass is 664 g/mol. The molecule has 8 nitrogen and oxygen atoms in total. The predicted molar refractivity (Wildman–Crippen MR) is 169 cm³/mol. The number of carbonyl (C=O) groups excluding carboxylic acids is 1. The summed E-state index contributed by atoms with van der Waals surface area (Å²) in [6.45, 7) is -1.85. The Kier molecular flexibility index (Phi) is 11.7. The number of hydrogen-bond acceptors (Lipinski definition) is 4. The number of rotatable bonds is 10. The van der Waals surface area contributed by atoms with Crippen molar-refractivity contribution in [3.63, 3.8) is 0 Å². The summed E-state index contributed by atoms with van der Waals surface area (Å²) < 4.78 is 40.3. The van der Waals surface area contributed by atoms with E-state index in [1.54, 1.807) is 17.0 Å². The average Bonchev–Trinajstić information content (AvgIpc) is 3.00. The fourth-order valence-electron chi connectivity index (χ4n) is 5.09. The Bertz CT molecular complexity index is 1480. The van der Waals surface area contributed by atoms with Crippen molar-refractivity contribution in [1.29, 1.82) is 0 Å². The molecule has 1 fully saturated rings. The van der Waals surface area contributed by atoms with Crippen molar-refractivity contribution in [2.24, 2.45) is 4.99 Å². The molecule has 45 heavy (non-hydrogen) atoms. The Balaban J connectivity index is 1.66. The number of aliphatic imine (C=N–C) groups is 1. The second kappa shape index (κ2) is 15.5. The first-order chi connectivity index (χ1) is 21.4. The third kappa shape index (κ3) is 10.4. The number of carboxylic acids is 1. The number of alkyl halides is 3. The number of carboxylic acid groups (broad SMARTS) is 1. The van der Waals surface area contributed by atoms with Gasteiger partial charge in [-0.15, -0.1) is 0 Å². The highest BCUT2D eigenvalue weighted by Crippen LogP contribution is 2.34. The maximum Gasteiger partial charge on any atom is 0.408 e. The van der Waals surface area contributed by atoms with Gasteiger partial charge in [0.15, 0.2) is 6.10 Å². The quantitative estimate of drug-likeness (QED) is 0.134. The minimum atomic E-state index is -4.57. The van der Waals surface area contributed by atoms with Crippen molar-refractivity contribution in [1.82, 2.24) is 5.32 Å². The molecule has 0 aliphatic heterocycles. The fourth-order valence-corrected chi connectivity index (χ4v) is 5.61. The van der Waals surface area contributed by atoms with Gasteiger partial charge < -0.3 is 25.7 Å². The molecule has 4 rings (SSSR count). The number of benzene rings is 3. The molecule has 0 aromatic heterocycles. The number of aliphatic carboxylic acids is 1. The number of amides is 1. The minimum absolute atomic E-state index is 0.0698. The molecule has 0 saturated heterocycles. The Morgan fingerprint density at radius 3 is 2.16 bits per heavy atom. The van der Waals surface area contributed by atoms with E-state index in [-0.39, 0.29) is 28.1 Å². The van der Waals surface area contributed by atoms with Gasteiger partial charge in [0.1, 0.15) is 6.54 Å². The van der Waals surface area contributed by atoms with Crippen molar-refractivity contribution in [3.05, 3.63) is 93.5 Å². The highest BCUT2D eigenvalue weighted by atomic mass is 35.5. The molecule has 1 atom stereocenters. The second-order valence-corrected chi connectivity index (χ2v) is 11.7. The van der Waals surface area contributed by atoms with Crippen molar-refractivity contribution in [2.75, 3.05) is 23.3 Å². The molecule has 0 bridgehead atoms. The van der Waals surface area contributed by atoms with Gasteiger partial charge in [0.25, 0.3) is 5.91 Å². The number of carbonyl (C=O) groups is 2. The molecule has 1 amide bonds. The Morgan fingerprint density at radius 1 is 0.956 bits per heavy atom. The SMILES string of the molecule is O=C(NC[C@@H](O)C(=O)O)c1ccc(CN(/C(=N\CC(F)(F)F)Nc2cc(Cl)cc(Cl)c2)c2ccc(C3CCCCC3)cc2)cc1. The van der Waals surface area contributed by atoms with Gasteiger partial charge in [-0.2, -0.15) is 13.2 Å². The third-order valence-corrected chi connectivity index (χ3v) is 7.80. The van der Waals surface area contributed by atoms with E-state index in [1.165, 1.54) is 42.3 Å². The van der Waals surface area contributed by atoms with E-state index in [2.05, 4.69) is 15.6 Å². The molecule has 0 unspecified atom stereocenters. The maximum atomic E-state index is 13.4. The lowest BCUT2D eigenvalue weighted by Crippen LogP contribution is -2.37. The molecule has 0 heterocycles. The molecular formula is C32H33Cl2F3N4O4. The van der Waals surface area contributed by atoms with E-state index >= 15 is 0 Å². The van der Waals surface area contributed by atoms with E-state index in [1.807, 2.05) is 24.3 Å². The van der Waals surface area contributed by atoms with Crippen LogP contribution in [0.1, 0.15) is 59.5 Å². The normalized spacial score (nSPS) is 14.9. The average molecular weight is 666 g/mol. The molecule has 4 N–H and O–H groups in total. The minimum Gasteiger partial charge on any atom is -0.479 e. The summed E-state index contributed by atoms with van der Waals surface area (Å²) in [5.41, 5.74) is 2.94. The second-order valence-electron chi connectivity index (χ2n) is 10.8. The number of aliphatic hydroxyl groups excluding tert-OH is 1. The van der Waals surface area contributed by atoms with Crippen LogP contribution >= 0.6 is 23.2 Å². The number of nitrogens with zero attached hydrogens (tertiary/aromatic N) is 2. The molecule has 13 heteroatoms. The van der Waals surface area contributed by atoms with Crippen LogP contribution in [0.4, 0.5) is 24.5 Å².